The third-order valence-electron chi connectivity index (χ3n) is 2.13. The number of hydrogen-bond acceptors (Lipinski definition) is 5. The summed E-state index contributed by atoms with van der Waals surface area (Å²) >= 11 is 11.7. The lowest BCUT2D eigenvalue weighted by Crippen LogP contribution is -2.14. The normalized spacial score (nSPS) is 12.7. The molecule has 0 bridgehead atoms. The molecule has 0 spiro atoms. The van der Waals surface area contributed by atoms with Gasteiger partial charge in [-0.05, 0) is 18.2 Å². The standard InChI is InChI=1S/C10H9Cl2N3O2/c11-6-2-1-5(3-7(6)12)9-14-10(17-15-9)8(13)4-16/h1-3,8,16H,4,13H2/t8-/m0/s1. The third kappa shape index (κ3) is 2.58. The maximum Gasteiger partial charge on any atom is 0.246 e. The number of rotatable bonds is 3. The van der Waals surface area contributed by atoms with Crippen LogP contribution in [0.4, 0.5) is 0 Å². The quantitative estimate of drug-likeness (QED) is 0.894. The van der Waals surface area contributed by atoms with E-state index in [1.54, 1.807) is 18.2 Å². The van der Waals surface area contributed by atoms with Crippen molar-refractivity contribution in [3.05, 3.63) is 34.1 Å². The molecular formula is C10H9Cl2N3O2. The predicted molar refractivity (Wildman–Crippen MR) is 63.8 cm³/mol. The molecule has 3 N–H and O–H groups in total. The van der Waals surface area contributed by atoms with E-state index in [9.17, 15) is 0 Å². The lowest BCUT2D eigenvalue weighted by Gasteiger charge is -1.99. The Balaban J connectivity index is 2.33. The Morgan fingerprint density at radius 1 is 1.35 bits per heavy atom. The average molecular weight is 274 g/mol. The van der Waals surface area contributed by atoms with Gasteiger partial charge in [-0.25, -0.2) is 0 Å². The van der Waals surface area contributed by atoms with Gasteiger partial charge in [-0.3, -0.25) is 0 Å². The average Bonchev–Trinajstić information content (AvgIpc) is 2.81. The van der Waals surface area contributed by atoms with E-state index in [-0.39, 0.29) is 12.5 Å². The second kappa shape index (κ2) is 5.01. The van der Waals surface area contributed by atoms with Crippen molar-refractivity contribution in [2.24, 2.45) is 5.73 Å². The van der Waals surface area contributed by atoms with Gasteiger partial charge in [-0.1, -0.05) is 28.4 Å². The number of halogens is 2. The Hall–Kier alpha value is -1.14. The Kier molecular flexibility index (Phi) is 3.63. The van der Waals surface area contributed by atoms with E-state index in [0.717, 1.165) is 0 Å². The summed E-state index contributed by atoms with van der Waals surface area (Å²) in [4.78, 5) is 4.06. The van der Waals surface area contributed by atoms with Crippen LogP contribution in [0.3, 0.4) is 0 Å². The van der Waals surface area contributed by atoms with Crippen LogP contribution in [0.15, 0.2) is 22.7 Å². The van der Waals surface area contributed by atoms with E-state index >= 15 is 0 Å². The molecule has 0 aliphatic rings. The van der Waals surface area contributed by atoms with Crippen LogP contribution in [0.1, 0.15) is 11.9 Å². The van der Waals surface area contributed by atoms with E-state index in [0.29, 0.717) is 21.4 Å². The number of aliphatic hydroxyl groups excluding tert-OH is 1. The smallest absolute Gasteiger partial charge is 0.246 e. The Morgan fingerprint density at radius 2 is 2.12 bits per heavy atom. The van der Waals surface area contributed by atoms with E-state index < -0.39 is 6.04 Å². The summed E-state index contributed by atoms with van der Waals surface area (Å²) in [5.74, 6) is 0.524. The van der Waals surface area contributed by atoms with Gasteiger partial charge in [0.2, 0.25) is 11.7 Å². The molecule has 0 radical (unpaired) electrons. The second-order valence-electron chi connectivity index (χ2n) is 3.37. The summed E-state index contributed by atoms with van der Waals surface area (Å²) < 4.78 is 4.92. The maximum atomic E-state index is 8.86. The van der Waals surface area contributed by atoms with Crippen LogP contribution in [0.25, 0.3) is 11.4 Å². The first-order chi connectivity index (χ1) is 8.11. The highest BCUT2D eigenvalue weighted by molar-refractivity contribution is 6.42. The molecular weight excluding hydrogens is 265 g/mol. The molecule has 1 heterocycles. The molecule has 1 atom stereocenters. The van der Waals surface area contributed by atoms with Crippen LogP contribution < -0.4 is 5.73 Å². The molecule has 0 unspecified atom stereocenters. The van der Waals surface area contributed by atoms with Crippen molar-refractivity contribution < 1.29 is 9.63 Å². The van der Waals surface area contributed by atoms with Gasteiger partial charge in [0.25, 0.3) is 0 Å². The fourth-order valence-electron chi connectivity index (χ4n) is 1.22. The maximum absolute atomic E-state index is 8.86. The van der Waals surface area contributed by atoms with Crippen LogP contribution in [0.2, 0.25) is 10.0 Å². The molecule has 0 amide bonds. The fraction of sp³-hybridized carbons (Fsp3) is 0.200. The van der Waals surface area contributed by atoms with Gasteiger partial charge in [0.05, 0.1) is 16.7 Å². The number of nitrogens with zero attached hydrogens (tertiary/aromatic N) is 2. The van der Waals surface area contributed by atoms with E-state index in [1.807, 2.05) is 0 Å². The largest absolute Gasteiger partial charge is 0.394 e. The van der Waals surface area contributed by atoms with Crippen LogP contribution >= 0.6 is 23.2 Å². The molecule has 17 heavy (non-hydrogen) atoms. The zero-order chi connectivity index (χ0) is 12.4. The first-order valence-electron chi connectivity index (χ1n) is 4.77. The predicted octanol–water partition coefficient (Wildman–Crippen LogP) is 2.04. The van der Waals surface area contributed by atoms with Gasteiger partial charge in [-0.2, -0.15) is 4.98 Å². The van der Waals surface area contributed by atoms with E-state index in [4.69, 9.17) is 38.6 Å². The number of nitrogens with two attached hydrogens (primary N) is 1. The van der Waals surface area contributed by atoms with Gasteiger partial charge in [-0.15, -0.1) is 0 Å². The third-order valence-corrected chi connectivity index (χ3v) is 2.87. The summed E-state index contributed by atoms with van der Waals surface area (Å²) in [6, 6.07) is 4.30. The molecule has 1 aromatic carbocycles. The summed E-state index contributed by atoms with van der Waals surface area (Å²) in [7, 11) is 0. The zero-order valence-electron chi connectivity index (χ0n) is 8.60. The molecule has 0 aliphatic carbocycles. The van der Waals surface area contributed by atoms with Gasteiger partial charge in [0.15, 0.2) is 0 Å². The molecule has 2 aromatic rings. The molecule has 2 rings (SSSR count). The molecule has 0 fully saturated rings. The number of aliphatic hydroxyl groups is 1. The van der Waals surface area contributed by atoms with Gasteiger partial charge < -0.3 is 15.4 Å². The molecule has 90 valence electrons. The first kappa shape index (κ1) is 12.3. The second-order valence-corrected chi connectivity index (χ2v) is 4.19. The molecule has 0 saturated carbocycles. The lowest BCUT2D eigenvalue weighted by molar-refractivity contribution is 0.237. The summed E-state index contributed by atoms with van der Waals surface area (Å²) in [5.41, 5.74) is 6.21. The van der Waals surface area contributed by atoms with Crippen molar-refractivity contribution in [2.75, 3.05) is 6.61 Å². The zero-order valence-corrected chi connectivity index (χ0v) is 10.1. The van der Waals surface area contributed by atoms with Gasteiger partial charge >= 0.3 is 0 Å². The SMILES string of the molecule is N[C@@H](CO)c1nc(-c2ccc(Cl)c(Cl)c2)no1. The van der Waals surface area contributed by atoms with Crippen molar-refractivity contribution in [3.63, 3.8) is 0 Å². The Bertz CT molecular complexity index is 530. The van der Waals surface area contributed by atoms with Crippen molar-refractivity contribution in [1.82, 2.24) is 10.1 Å². The first-order valence-corrected chi connectivity index (χ1v) is 5.53. The lowest BCUT2D eigenvalue weighted by atomic mass is 10.2. The highest BCUT2D eigenvalue weighted by Crippen LogP contribution is 2.27. The summed E-state index contributed by atoms with van der Waals surface area (Å²) in [6.07, 6.45) is 0. The number of benzene rings is 1. The Labute approximate surface area is 107 Å². The highest BCUT2D eigenvalue weighted by Gasteiger charge is 2.15. The minimum absolute atomic E-state index is 0.175. The minimum atomic E-state index is -0.681. The van der Waals surface area contributed by atoms with Crippen LogP contribution in [0.5, 0.6) is 0 Å². The molecule has 0 aliphatic heterocycles. The van der Waals surface area contributed by atoms with Crippen LogP contribution in [0, 0.1) is 0 Å². The van der Waals surface area contributed by atoms with Crippen LogP contribution in [-0.2, 0) is 0 Å². The van der Waals surface area contributed by atoms with Crippen molar-refractivity contribution in [3.8, 4) is 11.4 Å². The molecule has 1 aromatic heterocycles. The number of hydrogen-bond donors (Lipinski definition) is 2. The van der Waals surface area contributed by atoms with E-state index in [1.165, 1.54) is 0 Å². The monoisotopic (exact) mass is 273 g/mol. The fourth-order valence-corrected chi connectivity index (χ4v) is 1.51. The molecule has 5 nitrogen and oxygen atoms in total. The molecule has 0 saturated heterocycles. The topological polar surface area (TPSA) is 85.2 Å². The molecule has 7 heteroatoms. The number of aromatic nitrogens is 2. The van der Waals surface area contributed by atoms with Crippen molar-refractivity contribution >= 4 is 23.2 Å². The Morgan fingerprint density at radius 3 is 2.76 bits per heavy atom. The van der Waals surface area contributed by atoms with E-state index in [2.05, 4.69) is 10.1 Å². The van der Waals surface area contributed by atoms with Crippen molar-refractivity contribution in [2.45, 2.75) is 6.04 Å². The van der Waals surface area contributed by atoms with Gasteiger partial charge in [0.1, 0.15) is 6.04 Å². The van der Waals surface area contributed by atoms with Gasteiger partial charge in [0, 0.05) is 5.56 Å². The summed E-state index contributed by atoms with van der Waals surface area (Å²) in [6.45, 7) is -0.261. The van der Waals surface area contributed by atoms with Crippen LogP contribution in [-0.4, -0.2) is 21.9 Å². The highest BCUT2D eigenvalue weighted by atomic mass is 35.5. The van der Waals surface area contributed by atoms with Crippen molar-refractivity contribution in [1.29, 1.82) is 0 Å². The summed E-state index contributed by atoms with van der Waals surface area (Å²) in [5, 5.41) is 13.5. The minimum Gasteiger partial charge on any atom is -0.394 e.